The normalized spacial score (nSPS) is 12.8. The molecule has 0 aliphatic rings. The third kappa shape index (κ3) is 3.84. The van der Waals surface area contributed by atoms with Gasteiger partial charge >= 0.3 is 5.97 Å². The van der Waals surface area contributed by atoms with Crippen molar-refractivity contribution >= 4 is 38.0 Å². The summed E-state index contributed by atoms with van der Waals surface area (Å²) in [6.07, 6.45) is 0. The van der Waals surface area contributed by atoms with Gasteiger partial charge in [0, 0.05) is 27.0 Å². The van der Waals surface area contributed by atoms with E-state index in [4.69, 9.17) is 4.74 Å². The summed E-state index contributed by atoms with van der Waals surface area (Å²) in [5, 5.41) is 1.31. The highest BCUT2D eigenvalue weighted by atomic mass is 32.2. The maximum Gasteiger partial charge on any atom is 0.325 e. The van der Waals surface area contributed by atoms with Crippen LogP contribution in [0.15, 0.2) is 64.9 Å². The molecule has 4 rings (SSSR count). The highest BCUT2D eigenvalue weighted by Gasteiger charge is 2.36. The van der Waals surface area contributed by atoms with Crippen LogP contribution < -0.4 is 0 Å². The molecule has 0 saturated heterocycles. The van der Waals surface area contributed by atoms with Crippen molar-refractivity contribution in [3.05, 3.63) is 87.5 Å². The molecule has 0 radical (unpaired) electrons. The van der Waals surface area contributed by atoms with Crippen LogP contribution in [0, 0.1) is 19.7 Å². The first-order valence-corrected chi connectivity index (χ1v) is 12.4. The van der Waals surface area contributed by atoms with Crippen molar-refractivity contribution in [3.8, 4) is 0 Å². The molecule has 0 bridgehead atoms. The lowest BCUT2D eigenvalue weighted by molar-refractivity contribution is -0.141. The van der Waals surface area contributed by atoms with E-state index in [-0.39, 0.29) is 11.4 Å². The van der Waals surface area contributed by atoms with E-state index in [9.17, 15) is 17.6 Å². The highest BCUT2D eigenvalue weighted by Crippen LogP contribution is 2.43. The maximum atomic E-state index is 14.3. The third-order valence-electron chi connectivity index (χ3n) is 5.50. The second-order valence-electron chi connectivity index (χ2n) is 7.59. The van der Waals surface area contributed by atoms with Crippen LogP contribution in [0.5, 0.6) is 0 Å². The second-order valence-corrected chi connectivity index (χ2v) is 10.6. The predicted octanol–water partition coefficient (Wildman–Crippen LogP) is 5.20. The molecule has 0 aliphatic heterocycles. The molecule has 0 saturated carbocycles. The molecule has 4 aromatic rings. The van der Waals surface area contributed by atoms with E-state index < -0.39 is 26.9 Å². The molecule has 0 aliphatic carbocycles. The second kappa shape index (κ2) is 8.52. The number of benzene rings is 2. The van der Waals surface area contributed by atoms with Gasteiger partial charge in [-0.1, -0.05) is 18.2 Å². The zero-order chi connectivity index (χ0) is 23.0. The number of rotatable bonds is 6. The predicted molar refractivity (Wildman–Crippen MR) is 123 cm³/mol. The van der Waals surface area contributed by atoms with Crippen LogP contribution in [0.4, 0.5) is 4.39 Å². The Morgan fingerprint density at radius 1 is 1.12 bits per heavy atom. The average molecular weight is 472 g/mol. The van der Waals surface area contributed by atoms with Crippen molar-refractivity contribution in [1.82, 2.24) is 4.57 Å². The maximum absolute atomic E-state index is 14.3. The van der Waals surface area contributed by atoms with Gasteiger partial charge in [0.25, 0.3) is 0 Å². The minimum absolute atomic E-state index is 0.105. The lowest BCUT2D eigenvalue weighted by Gasteiger charge is -2.18. The summed E-state index contributed by atoms with van der Waals surface area (Å²) in [6, 6.07) is 14.3. The Balaban J connectivity index is 2.06. The molecule has 1 atom stereocenters. The van der Waals surface area contributed by atoms with E-state index in [1.165, 1.54) is 30.6 Å². The van der Waals surface area contributed by atoms with Crippen molar-refractivity contribution < 1.29 is 22.3 Å². The van der Waals surface area contributed by atoms with E-state index in [0.717, 1.165) is 5.56 Å². The van der Waals surface area contributed by atoms with Crippen molar-refractivity contribution in [2.45, 2.75) is 30.5 Å². The van der Waals surface area contributed by atoms with E-state index in [0.29, 0.717) is 27.0 Å². The van der Waals surface area contributed by atoms with Gasteiger partial charge in [-0.3, -0.25) is 4.79 Å². The number of sulfone groups is 1. The number of carbonyl (C=O) groups excluding carboxylic acids is 1. The number of carbonyl (C=O) groups is 1. The summed E-state index contributed by atoms with van der Waals surface area (Å²) in [4.78, 5) is 12.9. The van der Waals surface area contributed by atoms with Gasteiger partial charge in [-0.05, 0) is 61.2 Å². The Morgan fingerprint density at radius 3 is 2.47 bits per heavy atom. The summed E-state index contributed by atoms with van der Waals surface area (Å²) in [7, 11) is -2.59. The zero-order valence-electron chi connectivity index (χ0n) is 17.8. The van der Waals surface area contributed by atoms with Crippen LogP contribution >= 0.6 is 11.3 Å². The van der Waals surface area contributed by atoms with Gasteiger partial charge in [0.05, 0.1) is 12.0 Å². The molecule has 5 nitrogen and oxygen atoms in total. The van der Waals surface area contributed by atoms with Gasteiger partial charge in [0.15, 0.2) is 9.84 Å². The monoisotopic (exact) mass is 471 g/mol. The smallest absolute Gasteiger partial charge is 0.325 e. The fourth-order valence-corrected chi connectivity index (χ4v) is 7.22. The van der Waals surface area contributed by atoms with Crippen LogP contribution in [0.1, 0.15) is 26.9 Å². The number of hydrogen-bond acceptors (Lipinski definition) is 5. The summed E-state index contributed by atoms with van der Waals surface area (Å²) in [5.74, 6) is -0.956. The number of aryl methyl sites for hydroxylation is 1. The van der Waals surface area contributed by atoms with Crippen molar-refractivity contribution in [3.63, 3.8) is 0 Å². The first-order valence-electron chi connectivity index (χ1n) is 9.93. The first kappa shape index (κ1) is 22.2. The molecule has 1 unspecified atom stereocenters. The number of halogens is 1. The summed E-state index contributed by atoms with van der Waals surface area (Å²) in [6.45, 7) is 3.55. The van der Waals surface area contributed by atoms with Crippen molar-refractivity contribution in [1.29, 1.82) is 0 Å². The van der Waals surface area contributed by atoms with Gasteiger partial charge in [-0.15, -0.1) is 11.3 Å². The largest absolute Gasteiger partial charge is 0.468 e. The molecule has 166 valence electrons. The molecule has 0 spiro atoms. The lowest BCUT2D eigenvalue weighted by Crippen LogP contribution is -2.17. The Hall–Kier alpha value is -2.97. The van der Waals surface area contributed by atoms with E-state index in [1.807, 2.05) is 18.4 Å². The summed E-state index contributed by atoms with van der Waals surface area (Å²) < 4.78 is 48.7. The van der Waals surface area contributed by atoms with Gasteiger partial charge in [0.1, 0.15) is 17.6 Å². The molecule has 0 fully saturated rings. The van der Waals surface area contributed by atoms with E-state index in [1.54, 1.807) is 47.9 Å². The third-order valence-corrected chi connectivity index (χ3v) is 8.81. The van der Waals surface area contributed by atoms with Gasteiger partial charge < -0.3 is 9.30 Å². The number of ether oxygens (including phenoxy) is 1. The van der Waals surface area contributed by atoms with Gasteiger partial charge in [-0.2, -0.15) is 0 Å². The number of methoxy groups -OCH3 is 1. The molecule has 2 heterocycles. The van der Waals surface area contributed by atoms with Crippen molar-refractivity contribution in [2.24, 2.45) is 0 Å². The Labute approximate surface area is 190 Å². The molecule has 0 N–H and O–H groups in total. The standard InChI is InChI=1S/C24H22FNO4S2/c1-15-11-21(31-14-15)24(32(28,29)18-7-5-4-6-8-18)23-16(2)26(13-22(27)30-3)20-10-9-17(25)12-19(20)23/h4-12,14,24H,13H2,1-3H3. The number of aromatic nitrogens is 1. The lowest BCUT2D eigenvalue weighted by atomic mass is 10.1. The SMILES string of the molecule is COC(=O)Cn1c(C)c(C(c2cc(C)cs2)S(=O)(=O)c2ccccc2)c2cc(F)ccc21. The van der Waals surface area contributed by atoms with Crippen LogP contribution in [0.3, 0.4) is 0 Å². The van der Waals surface area contributed by atoms with Crippen molar-refractivity contribution in [2.75, 3.05) is 7.11 Å². The number of esters is 1. The van der Waals surface area contributed by atoms with Crippen LogP contribution in [-0.2, 0) is 25.9 Å². The molecule has 8 heteroatoms. The number of fused-ring (bicyclic) bond motifs is 1. The quantitative estimate of drug-likeness (QED) is 0.363. The number of nitrogens with zero attached hydrogens (tertiary/aromatic N) is 1. The molecule has 0 amide bonds. The highest BCUT2D eigenvalue weighted by molar-refractivity contribution is 7.92. The fraction of sp³-hybridized carbons (Fsp3) is 0.208. The number of hydrogen-bond donors (Lipinski definition) is 0. The number of thiophene rings is 1. The van der Waals surface area contributed by atoms with E-state index >= 15 is 0 Å². The molecule has 2 aromatic carbocycles. The molecule has 2 aromatic heterocycles. The van der Waals surface area contributed by atoms with Gasteiger partial charge in [-0.25, -0.2) is 12.8 Å². The molecular weight excluding hydrogens is 449 g/mol. The average Bonchev–Trinajstić information content (AvgIpc) is 3.31. The Bertz CT molecular complexity index is 1400. The van der Waals surface area contributed by atoms with Crippen LogP contribution in [0.25, 0.3) is 10.9 Å². The first-order chi connectivity index (χ1) is 15.2. The van der Waals surface area contributed by atoms with Gasteiger partial charge in [0.2, 0.25) is 0 Å². The summed E-state index contributed by atoms with van der Waals surface area (Å²) >= 11 is 1.35. The minimum atomic E-state index is -3.88. The zero-order valence-corrected chi connectivity index (χ0v) is 19.5. The topological polar surface area (TPSA) is 65.4 Å². The molecule has 32 heavy (non-hydrogen) atoms. The summed E-state index contributed by atoms with van der Waals surface area (Å²) in [5.41, 5.74) is 2.56. The molecular formula is C24H22FNO4S2. The van der Waals surface area contributed by atoms with Crippen LogP contribution in [0.2, 0.25) is 0 Å². The Kier molecular flexibility index (Phi) is 5.92. The van der Waals surface area contributed by atoms with Crippen LogP contribution in [-0.4, -0.2) is 26.1 Å². The minimum Gasteiger partial charge on any atom is -0.468 e. The fourth-order valence-electron chi connectivity index (χ4n) is 4.00. The Morgan fingerprint density at radius 2 is 1.84 bits per heavy atom. The van der Waals surface area contributed by atoms with E-state index in [2.05, 4.69) is 0 Å².